The Morgan fingerprint density at radius 3 is 2.47 bits per heavy atom. The molecule has 0 spiro atoms. The first-order chi connectivity index (χ1) is 9.19. The summed E-state index contributed by atoms with van der Waals surface area (Å²) >= 11 is 0. The molecule has 1 fully saturated rings. The number of rotatable bonds is 5. The van der Waals surface area contributed by atoms with Gasteiger partial charge in [0, 0.05) is 19.8 Å². The number of methoxy groups -OCH3 is 1. The van der Waals surface area contributed by atoms with Crippen LogP contribution in [0.2, 0.25) is 0 Å². The van der Waals surface area contributed by atoms with Gasteiger partial charge < -0.3 is 14.7 Å². The van der Waals surface area contributed by atoms with Crippen LogP contribution in [0.15, 0.2) is 24.3 Å². The number of aromatic hydroxyl groups is 1. The van der Waals surface area contributed by atoms with Crippen LogP contribution in [0, 0.1) is 5.92 Å². The lowest BCUT2D eigenvalue weighted by Gasteiger charge is -2.36. The van der Waals surface area contributed by atoms with Crippen LogP contribution in [-0.2, 0) is 11.2 Å². The van der Waals surface area contributed by atoms with Crippen molar-refractivity contribution in [3.8, 4) is 5.75 Å². The van der Waals surface area contributed by atoms with Crippen LogP contribution in [0.1, 0.15) is 25.3 Å². The summed E-state index contributed by atoms with van der Waals surface area (Å²) in [5.74, 6) is 1.08. The highest BCUT2D eigenvalue weighted by Crippen LogP contribution is 2.21. The van der Waals surface area contributed by atoms with Gasteiger partial charge in [0.25, 0.3) is 0 Å². The second-order valence-electron chi connectivity index (χ2n) is 5.65. The molecule has 1 aromatic carbocycles. The van der Waals surface area contributed by atoms with Crippen LogP contribution >= 0.6 is 0 Å². The van der Waals surface area contributed by atoms with Crippen LogP contribution in [0.4, 0.5) is 0 Å². The number of benzene rings is 1. The monoisotopic (exact) mass is 263 g/mol. The Balaban J connectivity index is 1.81. The minimum Gasteiger partial charge on any atom is -0.508 e. The Morgan fingerprint density at radius 1 is 1.26 bits per heavy atom. The fraction of sp³-hybridized carbons (Fsp3) is 0.625. The van der Waals surface area contributed by atoms with Crippen molar-refractivity contribution < 1.29 is 9.84 Å². The van der Waals surface area contributed by atoms with E-state index in [9.17, 15) is 5.11 Å². The summed E-state index contributed by atoms with van der Waals surface area (Å²) in [5.41, 5.74) is 1.30. The highest BCUT2D eigenvalue weighted by Gasteiger charge is 2.22. The standard InChI is InChI=1S/C16H25NO2/c1-13(11-14-3-5-16(18)6-4-14)17-9-7-15(8-10-17)12-19-2/h3-6,13,15,18H,7-12H2,1-2H3. The quantitative estimate of drug-likeness (QED) is 0.886. The van der Waals surface area contributed by atoms with Crippen molar-refractivity contribution in [1.29, 1.82) is 0 Å². The van der Waals surface area contributed by atoms with E-state index in [0.717, 1.165) is 18.9 Å². The molecule has 0 radical (unpaired) electrons. The van der Waals surface area contributed by atoms with Crippen LogP contribution in [-0.4, -0.2) is 42.9 Å². The fourth-order valence-electron chi connectivity index (χ4n) is 2.90. The molecule has 3 nitrogen and oxygen atoms in total. The van der Waals surface area contributed by atoms with E-state index < -0.39 is 0 Å². The molecule has 0 bridgehead atoms. The molecule has 1 atom stereocenters. The lowest BCUT2D eigenvalue weighted by atomic mass is 9.95. The number of ether oxygens (including phenoxy) is 1. The minimum absolute atomic E-state index is 0.344. The molecule has 0 amide bonds. The van der Waals surface area contributed by atoms with E-state index >= 15 is 0 Å². The van der Waals surface area contributed by atoms with Gasteiger partial charge >= 0.3 is 0 Å². The summed E-state index contributed by atoms with van der Waals surface area (Å²) in [6.07, 6.45) is 3.54. The summed E-state index contributed by atoms with van der Waals surface area (Å²) in [7, 11) is 1.79. The van der Waals surface area contributed by atoms with Crippen molar-refractivity contribution in [3.63, 3.8) is 0 Å². The first kappa shape index (κ1) is 14.4. The Bertz CT molecular complexity index is 369. The lowest BCUT2D eigenvalue weighted by Crippen LogP contribution is -2.41. The van der Waals surface area contributed by atoms with E-state index in [1.807, 2.05) is 12.1 Å². The third kappa shape index (κ3) is 4.22. The van der Waals surface area contributed by atoms with E-state index in [2.05, 4.69) is 11.8 Å². The highest BCUT2D eigenvalue weighted by atomic mass is 16.5. The van der Waals surface area contributed by atoms with E-state index in [1.54, 1.807) is 19.2 Å². The molecule has 0 aromatic heterocycles. The second-order valence-corrected chi connectivity index (χ2v) is 5.65. The molecule has 1 aliphatic heterocycles. The van der Waals surface area contributed by atoms with Crippen LogP contribution in [0.5, 0.6) is 5.75 Å². The Hall–Kier alpha value is -1.06. The SMILES string of the molecule is COCC1CCN(C(C)Cc2ccc(O)cc2)CC1. The van der Waals surface area contributed by atoms with E-state index in [1.165, 1.54) is 31.5 Å². The topological polar surface area (TPSA) is 32.7 Å². The van der Waals surface area contributed by atoms with Crippen molar-refractivity contribution >= 4 is 0 Å². The maximum Gasteiger partial charge on any atom is 0.115 e. The first-order valence-electron chi connectivity index (χ1n) is 7.20. The molecule has 2 rings (SSSR count). The number of piperidine rings is 1. The van der Waals surface area contributed by atoms with E-state index in [4.69, 9.17) is 4.74 Å². The van der Waals surface area contributed by atoms with Gasteiger partial charge in [-0.3, -0.25) is 0 Å². The van der Waals surface area contributed by atoms with Gasteiger partial charge in [-0.05, 0) is 62.9 Å². The second kappa shape index (κ2) is 6.92. The Labute approximate surface area is 116 Å². The molecule has 0 aliphatic carbocycles. The molecule has 19 heavy (non-hydrogen) atoms. The van der Waals surface area contributed by atoms with Crippen LogP contribution < -0.4 is 0 Å². The Morgan fingerprint density at radius 2 is 1.89 bits per heavy atom. The summed E-state index contributed by atoms with van der Waals surface area (Å²) in [6, 6.07) is 8.14. The average molecular weight is 263 g/mol. The van der Waals surface area contributed by atoms with Crippen LogP contribution in [0.25, 0.3) is 0 Å². The predicted octanol–water partition coefficient (Wildman–Crippen LogP) is 2.68. The van der Waals surface area contributed by atoms with Gasteiger partial charge in [0.1, 0.15) is 5.75 Å². The predicted molar refractivity (Wildman–Crippen MR) is 77.4 cm³/mol. The van der Waals surface area contributed by atoms with Gasteiger partial charge in [-0.15, -0.1) is 0 Å². The number of nitrogens with zero attached hydrogens (tertiary/aromatic N) is 1. The van der Waals surface area contributed by atoms with Crippen molar-refractivity contribution in [2.75, 3.05) is 26.8 Å². The van der Waals surface area contributed by atoms with Crippen molar-refractivity contribution in [1.82, 2.24) is 4.90 Å². The third-order valence-electron chi connectivity index (χ3n) is 4.14. The zero-order valence-corrected chi connectivity index (χ0v) is 12.0. The van der Waals surface area contributed by atoms with Gasteiger partial charge in [0.2, 0.25) is 0 Å². The average Bonchev–Trinajstić information content (AvgIpc) is 2.42. The molecule has 1 unspecified atom stereocenters. The zero-order valence-electron chi connectivity index (χ0n) is 12.0. The molecule has 1 heterocycles. The molecule has 1 saturated heterocycles. The smallest absolute Gasteiger partial charge is 0.115 e. The number of likely N-dealkylation sites (tertiary alicyclic amines) is 1. The van der Waals surface area contributed by atoms with Crippen molar-refractivity contribution in [2.24, 2.45) is 5.92 Å². The van der Waals surface area contributed by atoms with Gasteiger partial charge in [-0.2, -0.15) is 0 Å². The van der Waals surface area contributed by atoms with E-state index in [0.29, 0.717) is 11.8 Å². The highest BCUT2D eigenvalue weighted by molar-refractivity contribution is 5.26. The summed E-state index contributed by atoms with van der Waals surface area (Å²) < 4.78 is 5.24. The van der Waals surface area contributed by atoms with Crippen molar-refractivity contribution in [3.05, 3.63) is 29.8 Å². The summed E-state index contributed by atoms with van der Waals surface area (Å²) in [4.78, 5) is 2.57. The molecule has 1 aromatic rings. The van der Waals surface area contributed by atoms with Gasteiger partial charge in [-0.25, -0.2) is 0 Å². The number of phenols is 1. The molecule has 106 valence electrons. The molecule has 3 heteroatoms. The normalized spacial score (nSPS) is 19.5. The third-order valence-corrected chi connectivity index (χ3v) is 4.14. The number of phenolic OH excluding ortho intramolecular Hbond substituents is 1. The number of hydrogen-bond acceptors (Lipinski definition) is 3. The maximum atomic E-state index is 9.30. The van der Waals surface area contributed by atoms with E-state index in [-0.39, 0.29) is 0 Å². The largest absolute Gasteiger partial charge is 0.508 e. The molecule has 0 saturated carbocycles. The van der Waals surface area contributed by atoms with Crippen molar-refractivity contribution in [2.45, 2.75) is 32.2 Å². The first-order valence-corrected chi connectivity index (χ1v) is 7.20. The Kier molecular flexibility index (Phi) is 5.23. The van der Waals surface area contributed by atoms with Gasteiger partial charge in [0.05, 0.1) is 0 Å². The van der Waals surface area contributed by atoms with Crippen LogP contribution in [0.3, 0.4) is 0 Å². The maximum absolute atomic E-state index is 9.30. The molecule has 1 N–H and O–H groups in total. The number of hydrogen-bond donors (Lipinski definition) is 1. The summed E-state index contributed by atoms with van der Waals surface area (Å²) in [5, 5.41) is 9.30. The zero-order chi connectivity index (χ0) is 13.7. The molecular weight excluding hydrogens is 238 g/mol. The minimum atomic E-state index is 0.344. The lowest BCUT2D eigenvalue weighted by molar-refractivity contribution is 0.0834. The van der Waals surface area contributed by atoms with Gasteiger partial charge in [0.15, 0.2) is 0 Å². The molecular formula is C16H25NO2. The molecule has 1 aliphatic rings. The summed E-state index contributed by atoms with van der Waals surface area (Å²) in [6.45, 7) is 5.55. The fourth-order valence-corrected chi connectivity index (χ4v) is 2.90. The van der Waals surface area contributed by atoms with Gasteiger partial charge in [-0.1, -0.05) is 12.1 Å².